The van der Waals surface area contributed by atoms with Crippen molar-refractivity contribution in [2.75, 3.05) is 12.3 Å². The van der Waals surface area contributed by atoms with E-state index in [1.165, 1.54) is 5.57 Å². The number of halogens is 1. The average molecular weight is 487 g/mol. The third-order valence-electron chi connectivity index (χ3n) is 6.46. The molecular formula is C24H31ClN6OS. The minimum Gasteiger partial charge on any atom is -0.467 e. The molecule has 1 aliphatic carbocycles. The van der Waals surface area contributed by atoms with Gasteiger partial charge in [-0.15, -0.1) is 22.6 Å². The number of aliphatic imine (C=N–C) groups is 1. The molecule has 5 rings (SSSR count). The molecule has 0 fully saturated rings. The maximum Gasteiger partial charge on any atom is 0.191 e. The Hall–Kier alpha value is -2.16. The predicted molar refractivity (Wildman–Crippen MR) is 135 cm³/mol. The lowest BCUT2D eigenvalue weighted by Crippen LogP contribution is -2.31. The molecule has 2 aromatic heterocycles. The summed E-state index contributed by atoms with van der Waals surface area (Å²) in [6, 6.07) is 4.47. The molecule has 33 heavy (non-hydrogen) atoms. The second kappa shape index (κ2) is 10.8. The minimum atomic E-state index is 0. The Bertz CT molecular complexity index is 1050. The normalized spacial score (nSPS) is 23.8. The van der Waals surface area contributed by atoms with Gasteiger partial charge in [-0.1, -0.05) is 30.8 Å². The lowest BCUT2D eigenvalue weighted by molar-refractivity contribution is 0.245. The fraction of sp³-hybridized carbons (Fsp3) is 0.500. The van der Waals surface area contributed by atoms with Crippen molar-refractivity contribution in [3.05, 3.63) is 47.9 Å². The standard InChI is InChI=1S/C24H30N6OS.ClH/c1-3-21-27-20-9-8-16-14-18(26-12-10-19(16)22(20)31-21)7-5-13-32-24-29-28-23(30(24)2)17-6-4-11-25-15-17;/h4,6,9-11,15-16,18,22,26H,3,5,7-8,12-14H2,1-2H3;1H. The van der Waals surface area contributed by atoms with Gasteiger partial charge in [0.25, 0.3) is 0 Å². The summed E-state index contributed by atoms with van der Waals surface area (Å²) in [7, 11) is 2.02. The Kier molecular flexibility index (Phi) is 7.88. The van der Waals surface area contributed by atoms with E-state index in [0.29, 0.717) is 12.0 Å². The summed E-state index contributed by atoms with van der Waals surface area (Å²) in [6.07, 6.45) is 13.7. The first kappa shape index (κ1) is 24.0. The van der Waals surface area contributed by atoms with Crippen molar-refractivity contribution in [2.45, 2.75) is 56.3 Å². The first-order valence-electron chi connectivity index (χ1n) is 11.5. The summed E-state index contributed by atoms with van der Waals surface area (Å²) in [5.41, 5.74) is 3.54. The van der Waals surface area contributed by atoms with Crippen LogP contribution in [0.1, 0.15) is 39.0 Å². The van der Waals surface area contributed by atoms with Crippen LogP contribution in [0.4, 0.5) is 0 Å². The van der Waals surface area contributed by atoms with E-state index in [-0.39, 0.29) is 18.5 Å². The zero-order valence-corrected chi connectivity index (χ0v) is 20.7. The van der Waals surface area contributed by atoms with Crippen molar-refractivity contribution in [1.29, 1.82) is 0 Å². The minimum absolute atomic E-state index is 0. The van der Waals surface area contributed by atoms with Crippen molar-refractivity contribution < 1.29 is 4.74 Å². The molecule has 2 aromatic rings. The summed E-state index contributed by atoms with van der Waals surface area (Å²) >= 11 is 1.78. The predicted octanol–water partition coefficient (Wildman–Crippen LogP) is 4.57. The van der Waals surface area contributed by atoms with Crippen LogP contribution in [0.15, 0.2) is 58.1 Å². The van der Waals surface area contributed by atoms with Gasteiger partial charge in [0, 0.05) is 49.8 Å². The molecular weight excluding hydrogens is 456 g/mol. The second-order valence-corrected chi connectivity index (χ2v) is 9.62. The maximum absolute atomic E-state index is 6.13. The van der Waals surface area contributed by atoms with Crippen molar-refractivity contribution in [1.82, 2.24) is 25.1 Å². The smallest absolute Gasteiger partial charge is 0.191 e. The van der Waals surface area contributed by atoms with Crippen molar-refractivity contribution in [3.8, 4) is 11.4 Å². The number of hydrogen-bond donors (Lipinski definition) is 1. The number of rotatable bonds is 7. The third kappa shape index (κ3) is 5.18. The van der Waals surface area contributed by atoms with Gasteiger partial charge in [-0.05, 0) is 49.3 Å². The monoisotopic (exact) mass is 486 g/mol. The molecule has 1 N–H and O–H groups in total. The van der Waals surface area contributed by atoms with Gasteiger partial charge in [0.15, 0.2) is 23.0 Å². The number of allylic oxidation sites excluding steroid dienone is 1. The molecule has 4 heterocycles. The molecule has 0 radical (unpaired) electrons. The topological polar surface area (TPSA) is 77.2 Å². The van der Waals surface area contributed by atoms with E-state index in [1.807, 2.05) is 25.4 Å². The summed E-state index contributed by atoms with van der Waals surface area (Å²) in [5.74, 6) is 3.33. The van der Waals surface area contributed by atoms with Gasteiger partial charge in [-0.2, -0.15) is 0 Å². The van der Waals surface area contributed by atoms with Crippen LogP contribution in [-0.4, -0.2) is 50.1 Å². The third-order valence-corrected chi connectivity index (χ3v) is 7.57. The summed E-state index contributed by atoms with van der Waals surface area (Å²) < 4.78 is 8.19. The van der Waals surface area contributed by atoms with Crippen molar-refractivity contribution in [3.63, 3.8) is 0 Å². The number of pyridine rings is 1. The van der Waals surface area contributed by atoms with E-state index >= 15 is 0 Å². The van der Waals surface area contributed by atoms with Crippen LogP contribution in [0, 0.1) is 5.92 Å². The summed E-state index contributed by atoms with van der Waals surface area (Å²) in [5, 5.41) is 13.4. The van der Waals surface area contributed by atoms with Crippen molar-refractivity contribution in [2.24, 2.45) is 18.0 Å². The number of nitrogens with one attached hydrogen (secondary N) is 1. The van der Waals surface area contributed by atoms with E-state index in [1.54, 1.807) is 18.0 Å². The number of ether oxygens (including phenoxy) is 1. The Morgan fingerprint density at radius 2 is 2.18 bits per heavy atom. The van der Waals surface area contributed by atoms with Gasteiger partial charge in [-0.3, -0.25) is 4.98 Å². The second-order valence-electron chi connectivity index (χ2n) is 8.56. The van der Waals surface area contributed by atoms with Crippen LogP contribution >= 0.6 is 24.2 Å². The van der Waals surface area contributed by atoms with Crippen LogP contribution in [0.3, 0.4) is 0 Å². The molecule has 0 aromatic carbocycles. The van der Waals surface area contributed by atoms with Gasteiger partial charge < -0.3 is 14.6 Å². The Morgan fingerprint density at radius 3 is 3.00 bits per heavy atom. The molecule has 0 saturated carbocycles. The lowest BCUT2D eigenvalue weighted by Gasteiger charge is -2.29. The van der Waals surface area contributed by atoms with Gasteiger partial charge in [0.1, 0.15) is 0 Å². The first-order chi connectivity index (χ1) is 15.7. The average Bonchev–Trinajstić information content (AvgIpc) is 3.34. The molecule has 0 spiro atoms. The van der Waals surface area contributed by atoms with Crippen LogP contribution in [-0.2, 0) is 11.8 Å². The SMILES string of the molecule is CCC1=NC2=CCC3CC(CCCSc4nnc(-c5cccnc5)n4C)NCC=C3C2O1.Cl. The number of aromatic nitrogens is 4. The van der Waals surface area contributed by atoms with E-state index in [4.69, 9.17) is 4.74 Å². The molecule has 2 aliphatic heterocycles. The van der Waals surface area contributed by atoms with Gasteiger partial charge in [0.05, 0.1) is 5.70 Å². The highest BCUT2D eigenvalue weighted by Gasteiger charge is 2.37. The molecule has 3 aliphatic rings. The summed E-state index contributed by atoms with van der Waals surface area (Å²) in [4.78, 5) is 8.85. The van der Waals surface area contributed by atoms with Crippen LogP contribution in [0.25, 0.3) is 11.4 Å². The molecule has 9 heteroatoms. The molecule has 176 valence electrons. The zero-order chi connectivity index (χ0) is 21.9. The number of nitrogens with zero attached hydrogens (tertiary/aromatic N) is 5. The fourth-order valence-corrected chi connectivity index (χ4v) is 5.64. The zero-order valence-electron chi connectivity index (χ0n) is 19.1. The molecule has 7 nitrogen and oxygen atoms in total. The highest BCUT2D eigenvalue weighted by atomic mass is 35.5. The quantitative estimate of drug-likeness (QED) is 0.351. The molecule has 3 unspecified atom stereocenters. The Balaban J connectivity index is 0.00000259. The highest BCUT2D eigenvalue weighted by Crippen LogP contribution is 2.39. The van der Waals surface area contributed by atoms with E-state index in [9.17, 15) is 0 Å². The van der Waals surface area contributed by atoms with E-state index in [2.05, 4.69) is 49.1 Å². The van der Waals surface area contributed by atoms with E-state index < -0.39 is 0 Å². The Labute approximate surface area is 205 Å². The number of thioether (sulfide) groups is 1. The molecule has 0 saturated heterocycles. The lowest BCUT2D eigenvalue weighted by atomic mass is 9.81. The largest absolute Gasteiger partial charge is 0.467 e. The van der Waals surface area contributed by atoms with Gasteiger partial charge >= 0.3 is 0 Å². The van der Waals surface area contributed by atoms with Crippen molar-refractivity contribution >= 4 is 30.1 Å². The molecule has 0 amide bonds. The van der Waals surface area contributed by atoms with E-state index in [0.717, 1.165) is 72.5 Å². The summed E-state index contributed by atoms with van der Waals surface area (Å²) in [6.45, 7) is 3.02. The Morgan fingerprint density at radius 1 is 1.27 bits per heavy atom. The van der Waals surface area contributed by atoms with Gasteiger partial charge in [0.2, 0.25) is 0 Å². The number of fused-ring (bicyclic) bond motifs is 3. The maximum atomic E-state index is 6.13. The highest BCUT2D eigenvalue weighted by molar-refractivity contribution is 7.99. The fourth-order valence-electron chi connectivity index (χ4n) is 4.77. The molecule has 3 atom stereocenters. The van der Waals surface area contributed by atoms with Crippen LogP contribution in [0.5, 0.6) is 0 Å². The number of hydrogen-bond acceptors (Lipinski definition) is 7. The first-order valence-corrected chi connectivity index (χ1v) is 12.5. The van der Waals surface area contributed by atoms with Crippen LogP contribution < -0.4 is 5.32 Å². The molecule has 0 bridgehead atoms. The van der Waals surface area contributed by atoms with Gasteiger partial charge in [-0.25, -0.2) is 4.99 Å². The van der Waals surface area contributed by atoms with Crippen LogP contribution in [0.2, 0.25) is 0 Å².